The van der Waals surface area contributed by atoms with Crippen molar-refractivity contribution in [3.8, 4) is 0 Å². The second kappa shape index (κ2) is 3.18. The summed E-state index contributed by atoms with van der Waals surface area (Å²) in [6, 6.07) is 1.54. The van der Waals surface area contributed by atoms with Gasteiger partial charge in [-0.05, 0) is 12.8 Å². The van der Waals surface area contributed by atoms with Gasteiger partial charge in [-0.25, -0.2) is 13.9 Å². The highest BCUT2D eigenvalue weighted by molar-refractivity contribution is 5.52. The molecular weight excluding hydrogens is 195 g/mol. The third-order valence-electron chi connectivity index (χ3n) is 2.79. The number of hydrogen-bond acceptors (Lipinski definition) is 3. The van der Waals surface area contributed by atoms with Crippen LogP contribution in [0.2, 0.25) is 0 Å². The smallest absolute Gasteiger partial charge is 0.191 e. The van der Waals surface area contributed by atoms with E-state index in [-0.39, 0.29) is 11.5 Å². The molecule has 0 amide bonds. The Morgan fingerprint density at radius 3 is 2.87 bits per heavy atom. The molecule has 0 bridgehead atoms. The molecule has 0 atom stereocenters. The lowest BCUT2D eigenvalue weighted by molar-refractivity contribution is 0.626. The summed E-state index contributed by atoms with van der Waals surface area (Å²) < 4.78 is 15.1. The van der Waals surface area contributed by atoms with Gasteiger partial charge in [-0.3, -0.25) is 0 Å². The number of anilines is 1. The summed E-state index contributed by atoms with van der Waals surface area (Å²) >= 11 is 0. The first kappa shape index (κ1) is 8.64. The van der Waals surface area contributed by atoms with Crippen molar-refractivity contribution in [3.63, 3.8) is 0 Å². The fraction of sp³-hybridized carbons (Fsp3) is 0.400. The van der Waals surface area contributed by atoms with Crippen LogP contribution in [0.5, 0.6) is 0 Å². The molecule has 2 aromatic heterocycles. The van der Waals surface area contributed by atoms with E-state index in [2.05, 4.69) is 15.0 Å². The van der Waals surface area contributed by atoms with E-state index in [0.717, 1.165) is 18.8 Å². The van der Waals surface area contributed by atoms with E-state index in [0.29, 0.717) is 0 Å². The molecule has 4 nitrogen and oxygen atoms in total. The zero-order valence-corrected chi connectivity index (χ0v) is 8.23. The van der Waals surface area contributed by atoms with Crippen molar-refractivity contribution in [2.24, 2.45) is 0 Å². The Bertz CT molecular complexity index is 487. The van der Waals surface area contributed by atoms with E-state index in [9.17, 15) is 4.39 Å². The van der Waals surface area contributed by atoms with Crippen LogP contribution in [-0.4, -0.2) is 27.7 Å². The van der Waals surface area contributed by atoms with Crippen LogP contribution < -0.4 is 4.90 Å². The Labute approximate surface area is 86.3 Å². The van der Waals surface area contributed by atoms with Gasteiger partial charge in [0.05, 0.1) is 11.9 Å². The van der Waals surface area contributed by atoms with E-state index >= 15 is 0 Å². The Morgan fingerprint density at radius 1 is 1.27 bits per heavy atom. The monoisotopic (exact) mass is 206 g/mol. The van der Waals surface area contributed by atoms with Crippen LogP contribution in [0.3, 0.4) is 0 Å². The largest absolute Gasteiger partial charge is 0.370 e. The number of fused-ring (bicyclic) bond motifs is 1. The van der Waals surface area contributed by atoms with Gasteiger partial charge >= 0.3 is 0 Å². The van der Waals surface area contributed by atoms with Gasteiger partial charge in [0.15, 0.2) is 11.5 Å². The Morgan fingerprint density at radius 2 is 2.07 bits per heavy atom. The predicted molar refractivity (Wildman–Crippen MR) is 54.4 cm³/mol. The lowest BCUT2D eigenvalue weighted by Crippen LogP contribution is -2.18. The van der Waals surface area contributed by atoms with Crippen molar-refractivity contribution >= 4 is 11.3 Å². The molecule has 1 aliphatic heterocycles. The van der Waals surface area contributed by atoms with Crippen molar-refractivity contribution in [2.45, 2.75) is 12.8 Å². The molecule has 15 heavy (non-hydrogen) atoms. The van der Waals surface area contributed by atoms with Crippen LogP contribution in [0.1, 0.15) is 12.8 Å². The average molecular weight is 206 g/mol. The maximum atomic E-state index is 13.6. The van der Waals surface area contributed by atoms with Gasteiger partial charge in [-0.2, -0.15) is 5.10 Å². The molecule has 1 fully saturated rings. The predicted octanol–water partition coefficient (Wildman–Crippen LogP) is 1.47. The minimum absolute atomic E-state index is 0.290. The summed E-state index contributed by atoms with van der Waals surface area (Å²) in [6.45, 7) is 2.00. The van der Waals surface area contributed by atoms with Gasteiger partial charge in [0.25, 0.3) is 0 Å². The fourth-order valence-electron chi connectivity index (χ4n) is 2.02. The minimum atomic E-state index is -0.308. The summed E-state index contributed by atoms with van der Waals surface area (Å²) in [7, 11) is 0. The number of hydrogen-bond donors (Lipinski definition) is 0. The van der Waals surface area contributed by atoms with Crippen molar-refractivity contribution in [1.82, 2.24) is 14.6 Å². The highest BCUT2D eigenvalue weighted by Crippen LogP contribution is 2.21. The van der Waals surface area contributed by atoms with E-state index in [1.165, 1.54) is 29.8 Å². The van der Waals surface area contributed by atoms with Crippen LogP contribution in [0.25, 0.3) is 5.65 Å². The Hall–Kier alpha value is -1.65. The van der Waals surface area contributed by atoms with Crippen molar-refractivity contribution in [3.05, 3.63) is 24.4 Å². The van der Waals surface area contributed by atoms with Gasteiger partial charge in [0, 0.05) is 19.2 Å². The molecular formula is C10H11FN4. The zero-order valence-electron chi connectivity index (χ0n) is 8.23. The maximum absolute atomic E-state index is 13.6. The molecule has 0 unspecified atom stereocenters. The summed E-state index contributed by atoms with van der Waals surface area (Å²) in [5.74, 6) is -0.308. The average Bonchev–Trinajstić information content (AvgIpc) is 2.88. The summed E-state index contributed by atoms with van der Waals surface area (Å²) in [4.78, 5) is 6.02. The highest BCUT2D eigenvalue weighted by Gasteiger charge is 2.15. The fourth-order valence-corrected chi connectivity index (χ4v) is 2.02. The molecule has 1 saturated heterocycles. The van der Waals surface area contributed by atoms with Crippen molar-refractivity contribution in [1.29, 1.82) is 0 Å². The SMILES string of the molecule is Fc1cc(N2CCCC2)cn2ncnc12. The van der Waals surface area contributed by atoms with Gasteiger partial charge in [-0.15, -0.1) is 0 Å². The molecule has 3 rings (SSSR count). The maximum Gasteiger partial charge on any atom is 0.191 e. The summed E-state index contributed by atoms with van der Waals surface area (Å²) in [6.07, 6.45) is 5.55. The number of nitrogens with zero attached hydrogens (tertiary/aromatic N) is 4. The van der Waals surface area contributed by atoms with Gasteiger partial charge < -0.3 is 4.90 Å². The number of halogens is 1. The van der Waals surface area contributed by atoms with Crippen LogP contribution >= 0.6 is 0 Å². The zero-order chi connectivity index (χ0) is 10.3. The van der Waals surface area contributed by atoms with Crippen LogP contribution in [0, 0.1) is 5.82 Å². The third kappa shape index (κ3) is 1.35. The van der Waals surface area contributed by atoms with E-state index in [4.69, 9.17) is 0 Å². The first-order valence-electron chi connectivity index (χ1n) is 5.08. The molecule has 1 aliphatic rings. The highest BCUT2D eigenvalue weighted by atomic mass is 19.1. The van der Waals surface area contributed by atoms with Crippen LogP contribution in [-0.2, 0) is 0 Å². The number of aromatic nitrogens is 3. The summed E-state index contributed by atoms with van der Waals surface area (Å²) in [5.41, 5.74) is 1.18. The molecule has 0 aromatic carbocycles. The van der Waals surface area contributed by atoms with Crippen LogP contribution in [0.15, 0.2) is 18.6 Å². The van der Waals surface area contributed by atoms with E-state index < -0.39 is 0 Å². The summed E-state index contributed by atoms with van der Waals surface area (Å²) in [5, 5.41) is 3.95. The molecule has 5 heteroatoms. The number of pyridine rings is 1. The first-order valence-corrected chi connectivity index (χ1v) is 5.08. The first-order chi connectivity index (χ1) is 7.34. The molecule has 0 spiro atoms. The molecule has 78 valence electrons. The van der Waals surface area contributed by atoms with Gasteiger partial charge in [-0.1, -0.05) is 0 Å². The van der Waals surface area contributed by atoms with Gasteiger partial charge in [0.2, 0.25) is 0 Å². The lowest BCUT2D eigenvalue weighted by Gasteiger charge is -2.17. The molecule has 3 heterocycles. The molecule has 0 N–H and O–H groups in total. The topological polar surface area (TPSA) is 33.4 Å². The normalized spacial score (nSPS) is 16.5. The van der Waals surface area contributed by atoms with Crippen molar-refractivity contribution in [2.75, 3.05) is 18.0 Å². The number of rotatable bonds is 1. The van der Waals surface area contributed by atoms with E-state index in [1.807, 2.05) is 6.20 Å². The molecule has 2 aromatic rings. The Balaban J connectivity index is 2.11. The lowest BCUT2D eigenvalue weighted by atomic mass is 10.3. The molecule has 0 saturated carbocycles. The standard InChI is InChI=1S/C10H11FN4/c11-9-5-8(14-3-1-2-4-14)6-15-10(9)12-7-13-15/h5-7H,1-4H2. The minimum Gasteiger partial charge on any atom is -0.370 e. The Kier molecular flexibility index (Phi) is 1.83. The van der Waals surface area contributed by atoms with Gasteiger partial charge in [0.1, 0.15) is 6.33 Å². The second-order valence-corrected chi connectivity index (χ2v) is 3.77. The third-order valence-corrected chi connectivity index (χ3v) is 2.79. The van der Waals surface area contributed by atoms with Crippen LogP contribution in [0.4, 0.5) is 10.1 Å². The second-order valence-electron chi connectivity index (χ2n) is 3.77. The van der Waals surface area contributed by atoms with Crippen molar-refractivity contribution < 1.29 is 4.39 Å². The quantitative estimate of drug-likeness (QED) is 0.708. The molecule has 0 radical (unpaired) electrons. The molecule has 0 aliphatic carbocycles. The van der Waals surface area contributed by atoms with E-state index in [1.54, 1.807) is 0 Å².